The molecule has 6 nitrogen and oxygen atoms in total. The van der Waals surface area contributed by atoms with E-state index in [9.17, 15) is 9.59 Å². The first-order valence-corrected chi connectivity index (χ1v) is 9.71. The van der Waals surface area contributed by atoms with Crippen LogP contribution in [0.1, 0.15) is 38.3 Å². The molecule has 0 radical (unpaired) electrons. The molecule has 0 aliphatic carbocycles. The number of hydrogen-bond donors (Lipinski definition) is 1. The lowest BCUT2D eigenvalue weighted by atomic mass is 9.73. The summed E-state index contributed by atoms with van der Waals surface area (Å²) in [6.07, 6.45) is 6.63. The van der Waals surface area contributed by atoms with Crippen LogP contribution in [0.15, 0.2) is 24.4 Å². The van der Waals surface area contributed by atoms with Gasteiger partial charge in [0.05, 0.1) is 0 Å². The third-order valence-electron chi connectivity index (χ3n) is 5.65. The Morgan fingerprint density at radius 3 is 2.92 bits per heavy atom. The summed E-state index contributed by atoms with van der Waals surface area (Å²) in [4.78, 5) is 32.4. The third kappa shape index (κ3) is 5.04. The van der Waals surface area contributed by atoms with Crippen LogP contribution in [-0.2, 0) is 16.0 Å². The van der Waals surface area contributed by atoms with Gasteiger partial charge in [0.15, 0.2) is 0 Å². The monoisotopic (exact) mass is 358 g/mol. The van der Waals surface area contributed by atoms with Crippen LogP contribution < -0.4 is 5.32 Å². The Hall–Kier alpha value is -1.95. The largest absolute Gasteiger partial charge is 0.355 e. The van der Waals surface area contributed by atoms with Gasteiger partial charge >= 0.3 is 0 Å². The van der Waals surface area contributed by atoms with E-state index in [4.69, 9.17) is 0 Å². The average Bonchev–Trinajstić information content (AvgIpc) is 2.64. The molecule has 3 heterocycles. The third-order valence-corrected chi connectivity index (χ3v) is 5.65. The summed E-state index contributed by atoms with van der Waals surface area (Å²) < 4.78 is 0. The second kappa shape index (κ2) is 8.62. The van der Waals surface area contributed by atoms with Gasteiger partial charge in [-0.15, -0.1) is 0 Å². The number of rotatable bonds is 6. The second-order valence-corrected chi connectivity index (χ2v) is 7.75. The van der Waals surface area contributed by atoms with Crippen molar-refractivity contribution in [3.8, 4) is 0 Å². The zero-order valence-electron chi connectivity index (χ0n) is 15.7. The van der Waals surface area contributed by atoms with Crippen molar-refractivity contribution in [1.82, 2.24) is 20.1 Å². The number of piperidine rings is 2. The van der Waals surface area contributed by atoms with E-state index in [1.165, 1.54) is 12.8 Å². The van der Waals surface area contributed by atoms with Crippen molar-refractivity contribution < 1.29 is 9.59 Å². The first kappa shape index (κ1) is 18.8. The van der Waals surface area contributed by atoms with Crippen molar-refractivity contribution in [3.05, 3.63) is 30.1 Å². The van der Waals surface area contributed by atoms with Gasteiger partial charge in [0.25, 0.3) is 0 Å². The standard InChI is InChI=1S/C20H30N4O2/c1-17(25)21-11-14-23-12-4-8-20(15-23)9-6-19(26)24(16-20)13-7-18-5-2-3-10-22-18/h2-3,5,10H,4,6-9,11-16H2,1H3,(H,21,25). The maximum atomic E-state index is 12.4. The number of nitrogens with one attached hydrogen (secondary N) is 1. The van der Waals surface area contributed by atoms with E-state index in [0.717, 1.165) is 51.3 Å². The molecule has 1 aromatic heterocycles. The molecule has 1 unspecified atom stereocenters. The van der Waals surface area contributed by atoms with Gasteiger partial charge < -0.3 is 15.1 Å². The lowest BCUT2D eigenvalue weighted by Crippen LogP contribution is -2.55. The van der Waals surface area contributed by atoms with Crippen LogP contribution in [0.5, 0.6) is 0 Å². The fourth-order valence-electron chi connectivity index (χ4n) is 4.33. The molecule has 3 rings (SSSR count). The zero-order valence-corrected chi connectivity index (χ0v) is 15.7. The first-order valence-electron chi connectivity index (χ1n) is 9.71. The molecule has 2 aliphatic heterocycles. The van der Waals surface area contributed by atoms with Gasteiger partial charge in [-0.25, -0.2) is 0 Å². The summed E-state index contributed by atoms with van der Waals surface area (Å²) in [6, 6.07) is 5.94. The highest BCUT2D eigenvalue weighted by Gasteiger charge is 2.41. The predicted molar refractivity (Wildman–Crippen MR) is 101 cm³/mol. The SMILES string of the molecule is CC(=O)NCCN1CCCC2(CCC(=O)N(CCc3ccccn3)C2)C1. The summed E-state index contributed by atoms with van der Waals surface area (Å²) in [5.74, 6) is 0.308. The van der Waals surface area contributed by atoms with Crippen LogP contribution >= 0.6 is 0 Å². The van der Waals surface area contributed by atoms with E-state index < -0.39 is 0 Å². The smallest absolute Gasteiger partial charge is 0.222 e. The van der Waals surface area contributed by atoms with Gasteiger partial charge in [-0.3, -0.25) is 14.6 Å². The van der Waals surface area contributed by atoms with Gasteiger partial charge in [0.2, 0.25) is 11.8 Å². The summed E-state index contributed by atoms with van der Waals surface area (Å²) in [5, 5.41) is 2.89. The number of likely N-dealkylation sites (tertiary alicyclic amines) is 2. The van der Waals surface area contributed by atoms with Crippen LogP contribution in [0.4, 0.5) is 0 Å². The van der Waals surface area contributed by atoms with Crippen LogP contribution in [0.25, 0.3) is 0 Å². The van der Waals surface area contributed by atoms with E-state index in [1.54, 1.807) is 6.92 Å². The summed E-state index contributed by atoms with van der Waals surface area (Å²) in [5.41, 5.74) is 1.26. The molecule has 2 fully saturated rings. The molecule has 1 spiro atoms. The molecular formula is C20H30N4O2. The maximum Gasteiger partial charge on any atom is 0.222 e. The van der Waals surface area contributed by atoms with E-state index >= 15 is 0 Å². The van der Waals surface area contributed by atoms with Crippen molar-refractivity contribution >= 4 is 11.8 Å². The topological polar surface area (TPSA) is 65.5 Å². The van der Waals surface area contributed by atoms with Crippen LogP contribution in [0.3, 0.4) is 0 Å². The highest BCUT2D eigenvalue weighted by Crippen LogP contribution is 2.38. The number of hydrogen-bond acceptors (Lipinski definition) is 4. The van der Waals surface area contributed by atoms with Crippen molar-refractivity contribution in [2.75, 3.05) is 39.3 Å². The van der Waals surface area contributed by atoms with Gasteiger partial charge in [0.1, 0.15) is 0 Å². The molecule has 26 heavy (non-hydrogen) atoms. The molecule has 2 saturated heterocycles. The lowest BCUT2D eigenvalue weighted by Gasteiger charge is -2.48. The highest BCUT2D eigenvalue weighted by molar-refractivity contribution is 5.77. The van der Waals surface area contributed by atoms with Crippen molar-refractivity contribution in [1.29, 1.82) is 0 Å². The van der Waals surface area contributed by atoms with Crippen LogP contribution in [-0.4, -0.2) is 65.9 Å². The van der Waals surface area contributed by atoms with Crippen molar-refractivity contribution in [2.45, 2.75) is 39.0 Å². The van der Waals surface area contributed by atoms with E-state index in [0.29, 0.717) is 13.0 Å². The van der Waals surface area contributed by atoms with E-state index in [1.807, 2.05) is 24.4 Å². The molecule has 1 aromatic rings. The highest BCUT2D eigenvalue weighted by atomic mass is 16.2. The molecule has 0 aromatic carbocycles. The first-order chi connectivity index (χ1) is 12.6. The number of amides is 2. The van der Waals surface area contributed by atoms with Crippen LogP contribution in [0.2, 0.25) is 0 Å². The minimum absolute atomic E-state index is 0.0284. The molecule has 1 N–H and O–H groups in total. The predicted octanol–water partition coefficient (Wildman–Crippen LogP) is 1.46. The van der Waals surface area contributed by atoms with Gasteiger partial charge in [-0.05, 0) is 37.9 Å². The summed E-state index contributed by atoms with van der Waals surface area (Å²) in [7, 11) is 0. The minimum Gasteiger partial charge on any atom is -0.355 e. The lowest BCUT2D eigenvalue weighted by molar-refractivity contribution is -0.139. The molecule has 1 atom stereocenters. The molecular weight excluding hydrogens is 328 g/mol. The van der Waals surface area contributed by atoms with Crippen molar-refractivity contribution in [3.63, 3.8) is 0 Å². The van der Waals surface area contributed by atoms with Gasteiger partial charge in [-0.1, -0.05) is 6.07 Å². The summed E-state index contributed by atoms with van der Waals surface area (Å²) in [6.45, 7) is 6.88. The van der Waals surface area contributed by atoms with Gasteiger partial charge in [-0.2, -0.15) is 0 Å². The Bertz CT molecular complexity index is 621. The molecule has 0 bridgehead atoms. The Morgan fingerprint density at radius 2 is 2.15 bits per heavy atom. The Kier molecular flexibility index (Phi) is 6.25. The molecule has 142 valence electrons. The number of nitrogens with zero attached hydrogens (tertiary/aromatic N) is 3. The zero-order chi connectivity index (χ0) is 18.4. The number of carbonyl (C=O) groups is 2. The van der Waals surface area contributed by atoms with Gasteiger partial charge in [0, 0.05) is 69.8 Å². The molecule has 0 saturated carbocycles. The summed E-state index contributed by atoms with van der Waals surface area (Å²) >= 11 is 0. The quantitative estimate of drug-likeness (QED) is 0.836. The Morgan fingerprint density at radius 1 is 1.27 bits per heavy atom. The van der Waals surface area contributed by atoms with E-state index in [2.05, 4.69) is 20.1 Å². The van der Waals surface area contributed by atoms with Crippen molar-refractivity contribution in [2.24, 2.45) is 5.41 Å². The fourth-order valence-corrected chi connectivity index (χ4v) is 4.33. The fraction of sp³-hybridized carbons (Fsp3) is 0.650. The molecule has 2 aliphatic rings. The number of aromatic nitrogens is 1. The second-order valence-electron chi connectivity index (χ2n) is 7.75. The molecule has 2 amide bonds. The number of carbonyl (C=O) groups excluding carboxylic acids is 2. The van der Waals surface area contributed by atoms with Crippen LogP contribution in [0, 0.1) is 5.41 Å². The number of pyridine rings is 1. The average molecular weight is 358 g/mol. The Balaban J connectivity index is 1.55. The normalized spacial score (nSPS) is 24.0. The maximum absolute atomic E-state index is 12.4. The van der Waals surface area contributed by atoms with E-state index in [-0.39, 0.29) is 17.2 Å². The molecule has 6 heteroatoms. The minimum atomic E-state index is 0.0284. The Labute approximate surface area is 156 Å².